The first-order chi connectivity index (χ1) is 9.90. The molecule has 0 saturated heterocycles. The Balaban J connectivity index is 1.76. The van der Waals surface area contributed by atoms with E-state index in [0.717, 1.165) is 26.6 Å². The molecule has 4 aromatic rings. The smallest absolute Gasteiger partial charge is 0.137 e. The first-order valence-corrected chi connectivity index (χ1v) is 7.02. The van der Waals surface area contributed by atoms with Crippen LogP contribution in [0.3, 0.4) is 0 Å². The standard InChI is InChI=1S/C15H10N4S/c1-2-11(19-9-8-17-14(19)3-1)4-5-15-18-12-10-16-7-6-13(12)20-15/h1-10H/b5-4+. The lowest BCUT2D eigenvalue weighted by Crippen LogP contribution is -1.87. The van der Waals surface area contributed by atoms with Crippen LogP contribution in [0.2, 0.25) is 0 Å². The highest BCUT2D eigenvalue weighted by atomic mass is 32.1. The molecule has 0 fully saturated rings. The minimum Gasteiger partial charge on any atom is -0.300 e. The number of thiazole rings is 1. The molecule has 4 heterocycles. The molecule has 0 saturated carbocycles. The van der Waals surface area contributed by atoms with Gasteiger partial charge in [-0.3, -0.25) is 4.98 Å². The Morgan fingerprint density at radius 2 is 2.10 bits per heavy atom. The molecule has 0 amide bonds. The number of hydrogen-bond donors (Lipinski definition) is 0. The first-order valence-electron chi connectivity index (χ1n) is 6.21. The number of pyridine rings is 2. The van der Waals surface area contributed by atoms with Crippen LogP contribution in [0.4, 0.5) is 0 Å². The molecular weight excluding hydrogens is 268 g/mol. The van der Waals surface area contributed by atoms with Gasteiger partial charge in [0.2, 0.25) is 0 Å². The number of imidazole rings is 1. The minimum absolute atomic E-state index is 0.943. The molecule has 0 radical (unpaired) electrons. The predicted molar refractivity (Wildman–Crippen MR) is 81.5 cm³/mol. The van der Waals surface area contributed by atoms with Crippen molar-refractivity contribution in [1.29, 1.82) is 0 Å². The Morgan fingerprint density at radius 1 is 1.10 bits per heavy atom. The first kappa shape index (κ1) is 11.3. The summed E-state index contributed by atoms with van der Waals surface area (Å²) >= 11 is 1.66. The molecule has 0 atom stereocenters. The summed E-state index contributed by atoms with van der Waals surface area (Å²) in [6.07, 6.45) is 11.4. The lowest BCUT2D eigenvalue weighted by molar-refractivity contribution is 1.16. The molecule has 0 unspecified atom stereocenters. The molecule has 0 aliphatic carbocycles. The fraction of sp³-hybridized carbons (Fsp3) is 0. The predicted octanol–water partition coefficient (Wildman–Crippen LogP) is 3.51. The fourth-order valence-corrected chi connectivity index (χ4v) is 2.97. The molecule has 5 heteroatoms. The van der Waals surface area contributed by atoms with E-state index < -0.39 is 0 Å². The highest BCUT2D eigenvalue weighted by molar-refractivity contribution is 7.19. The third-order valence-corrected chi connectivity index (χ3v) is 4.06. The molecule has 4 aromatic heterocycles. The number of aromatic nitrogens is 4. The van der Waals surface area contributed by atoms with Crippen molar-refractivity contribution in [1.82, 2.24) is 19.4 Å². The van der Waals surface area contributed by atoms with Gasteiger partial charge in [-0.15, -0.1) is 11.3 Å². The van der Waals surface area contributed by atoms with Crippen LogP contribution in [0.15, 0.2) is 49.1 Å². The van der Waals surface area contributed by atoms with Gasteiger partial charge in [0, 0.05) is 24.3 Å². The second-order valence-electron chi connectivity index (χ2n) is 4.33. The van der Waals surface area contributed by atoms with Crippen molar-refractivity contribution < 1.29 is 0 Å². The minimum atomic E-state index is 0.943. The molecule has 4 nitrogen and oxygen atoms in total. The SMILES string of the molecule is C(=C\c1cccc2nccn12)/c1nc2cnccc2s1. The van der Waals surface area contributed by atoms with Crippen molar-refractivity contribution in [2.45, 2.75) is 0 Å². The molecular formula is C15H10N4S. The lowest BCUT2D eigenvalue weighted by Gasteiger charge is -1.98. The summed E-state index contributed by atoms with van der Waals surface area (Å²) in [5, 5.41) is 0.977. The maximum absolute atomic E-state index is 4.54. The van der Waals surface area contributed by atoms with Crippen LogP contribution in [0.1, 0.15) is 10.7 Å². The zero-order chi connectivity index (χ0) is 13.4. The summed E-state index contributed by atoms with van der Waals surface area (Å²) in [6, 6.07) is 8.03. The van der Waals surface area contributed by atoms with Gasteiger partial charge in [-0.1, -0.05) is 6.07 Å². The second kappa shape index (κ2) is 4.54. The third kappa shape index (κ3) is 1.88. The van der Waals surface area contributed by atoms with E-state index in [4.69, 9.17) is 0 Å². The van der Waals surface area contributed by atoms with E-state index >= 15 is 0 Å². The molecule has 0 aliphatic heterocycles. The molecule has 4 rings (SSSR count). The summed E-state index contributed by atoms with van der Waals surface area (Å²) in [7, 11) is 0. The van der Waals surface area contributed by atoms with E-state index in [0.29, 0.717) is 0 Å². The van der Waals surface area contributed by atoms with Gasteiger partial charge in [-0.25, -0.2) is 9.97 Å². The van der Waals surface area contributed by atoms with E-state index in [1.807, 2.05) is 34.9 Å². The van der Waals surface area contributed by atoms with Gasteiger partial charge in [0.15, 0.2) is 0 Å². The normalized spacial score (nSPS) is 11.8. The Hall–Kier alpha value is -2.53. The second-order valence-corrected chi connectivity index (χ2v) is 5.40. The van der Waals surface area contributed by atoms with Crippen molar-refractivity contribution in [2.75, 3.05) is 0 Å². The highest BCUT2D eigenvalue weighted by Crippen LogP contribution is 2.22. The third-order valence-electron chi connectivity index (χ3n) is 3.06. The van der Waals surface area contributed by atoms with Crippen LogP contribution < -0.4 is 0 Å². The molecule has 0 aromatic carbocycles. The monoisotopic (exact) mass is 278 g/mol. The van der Waals surface area contributed by atoms with Crippen molar-refractivity contribution in [2.24, 2.45) is 0 Å². The van der Waals surface area contributed by atoms with Gasteiger partial charge in [0.05, 0.1) is 10.9 Å². The molecule has 0 aliphatic rings. The summed E-state index contributed by atoms with van der Waals surface area (Å²) < 4.78 is 3.20. The largest absolute Gasteiger partial charge is 0.300 e. The summed E-state index contributed by atoms with van der Waals surface area (Å²) in [5.41, 5.74) is 2.97. The van der Waals surface area contributed by atoms with Crippen molar-refractivity contribution in [3.05, 3.63) is 59.8 Å². The van der Waals surface area contributed by atoms with E-state index in [2.05, 4.69) is 27.1 Å². The number of hydrogen-bond acceptors (Lipinski definition) is 4. The zero-order valence-corrected chi connectivity index (χ0v) is 11.3. The molecule has 0 spiro atoms. The van der Waals surface area contributed by atoms with Gasteiger partial charge < -0.3 is 4.40 Å². The Labute approximate surface area is 119 Å². The van der Waals surface area contributed by atoms with Gasteiger partial charge in [0.25, 0.3) is 0 Å². The van der Waals surface area contributed by atoms with Gasteiger partial charge in [-0.05, 0) is 30.4 Å². The van der Waals surface area contributed by atoms with E-state index in [1.165, 1.54) is 0 Å². The van der Waals surface area contributed by atoms with E-state index in [9.17, 15) is 0 Å². The van der Waals surface area contributed by atoms with Crippen LogP contribution in [-0.4, -0.2) is 19.4 Å². The average Bonchev–Trinajstić information content (AvgIpc) is 3.11. The Morgan fingerprint density at radius 3 is 3.05 bits per heavy atom. The maximum atomic E-state index is 4.54. The van der Waals surface area contributed by atoms with Crippen molar-refractivity contribution >= 4 is 39.4 Å². The van der Waals surface area contributed by atoms with Crippen LogP contribution in [0.25, 0.3) is 28.0 Å². The summed E-state index contributed by atoms with van der Waals surface area (Å²) in [4.78, 5) is 12.9. The van der Waals surface area contributed by atoms with Crippen LogP contribution in [0, 0.1) is 0 Å². The van der Waals surface area contributed by atoms with E-state index in [1.54, 1.807) is 29.9 Å². The van der Waals surface area contributed by atoms with E-state index in [-0.39, 0.29) is 0 Å². The molecule has 0 bridgehead atoms. The van der Waals surface area contributed by atoms with Crippen LogP contribution in [-0.2, 0) is 0 Å². The summed E-state index contributed by atoms with van der Waals surface area (Å²) in [6.45, 7) is 0. The number of fused-ring (bicyclic) bond motifs is 2. The molecule has 96 valence electrons. The maximum Gasteiger partial charge on any atom is 0.137 e. The number of rotatable bonds is 2. The Kier molecular flexibility index (Phi) is 2.57. The number of nitrogens with zero attached hydrogens (tertiary/aromatic N) is 4. The fourth-order valence-electron chi connectivity index (χ4n) is 2.13. The summed E-state index contributed by atoms with van der Waals surface area (Å²) in [5.74, 6) is 0. The molecule has 0 N–H and O–H groups in total. The zero-order valence-electron chi connectivity index (χ0n) is 10.5. The molecule has 20 heavy (non-hydrogen) atoms. The van der Waals surface area contributed by atoms with Crippen LogP contribution in [0.5, 0.6) is 0 Å². The lowest BCUT2D eigenvalue weighted by atomic mass is 10.3. The van der Waals surface area contributed by atoms with Crippen molar-refractivity contribution in [3.63, 3.8) is 0 Å². The topological polar surface area (TPSA) is 43.1 Å². The van der Waals surface area contributed by atoms with Crippen molar-refractivity contribution in [3.8, 4) is 0 Å². The quantitative estimate of drug-likeness (QED) is 0.563. The van der Waals surface area contributed by atoms with Crippen LogP contribution >= 0.6 is 11.3 Å². The Bertz CT molecular complexity index is 887. The van der Waals surface area contributed by atoms with Gasteiger partial charge in [0.1, 0.15) is 16.2 Å². The highest BCUT2D eigenvalue weighted by Gasteiger charge is 2.01. The van der Waals surface area contributed by atoms with Gasteiger partial charge in [-0.2, -0.15) is 0 Å². The van der Waals surface area contributed by atoms with Gasteiger partial charge >= 0.3 is 0 Å². The average molecular weight is 278 g/mol.